The monoisotopic (exact) mass is 442 g/mol. The molecule has 0 bridgehead atoms. The zero-order valence-electron chi connectivity index (χ0n) is 15.5. The Morgan fingerprint density at radius 1 is 1.07 bits per heavy atom. The van der Waals surface area contributed by atoms with Crippen molar-refractivity contribution < 1.29 is 24.5 Å². The third-order valence-corrected chi connectivity index (χ3v) is 4.66. The summed E-state index contributed by atoms with van der Waals surface area (Å²) in [5.41, 5.74) is 3.84. The Kier molecular flexibility index (Phi) is 8.91. The molecule has 1 fully saturated rings. The summed E-state index contributed by atoms with van der Waals surface area (Å²) in [5, 5.41) is 23.3. The van der Waals surface area contributed by atoms with E-state index in [1.165, 1.54) is 12.1 Å². The lowest BCUT2D eigenvalue weighted by atomic mass is 9.86. The van der Waals surface area contributed by atoms with Gasteiger partial charge in [0.25, 0.3) is 5.91 Å². The molecule has 1 amide bonds. The van der Waals surface area contributed by atoms with Crippen molar-refractivity contribution in [1.29, 1.82) is 0 Å². The van der Waals surface area contributed by atoms with Gasteiger partial charge in [-0.25, -0.2) is 4.79 Å². The number of carboxylic acids is 1. The first kappa shape index (κ1) is 24.7. The van der Waals surface area contributed by atoms with E-state index >= 15 is 0 Å². The lowest BCUT2D eigenvalue weighted by molar-refractivity contribution is -0.155. The fourth-order valence-corrected chi connectivity index (χ4v) is 3.10. The standard InChI is InChI=1S/C20H22N2O5.2ClH/c21-15-10-16(11-15)22-18(23)12-27-17-8-4-7-14(9-17)20(26,19(24)25)13-5-2-1-3-6-13;;/h1-9,15-16,26H,10-12,21H2,(H,22,23)(H,24,25);2*1H/t15-,16-,20-;;/m0../s1. The summed E-state index contributed by atoms with van der Waals surface area (Å²) in [6.07, 6.45) is 1.51. The molecule has 1 saturated carbocycles. The van der Waals surface area contributed by atoms with Crippen molar-refractivity contribution in [3.63, 3.8) is 0 Å². The number of halogens is 2. The van der Waals surface area contributed by atoms with Crippen molar-refractivity contribution in [3.8, 4) is 5.75 Å². The zero-order chi connectivity index (χ0) is 19.4. The summed E-state index contributed by atoms with van der Waals surface area (Å²) in [6.45, 7) is -0.202. The van der Waals surface area contributed by atoms with Gasteiger partial charge in [0, 0.05) is 17.6 Å². The van der Waals surface area contributed by atoms with Gasteiger partial charge in [0.05, 0.1) is 0 Å². The van der Waals surface area contributed by atoms with Crippen LogP contribution >= 0.6 is 24.8 Å². The molecule has 1 aliphatic rings. The number of carboxylic acid groups (broad SMARTS) is 1. The number of rotatable bonds is 7. The van der Waals surface area contributed by atoms with E-state index in [4.69, 9.17) is 10.5 Å². The van der Waals surface area contributed by atoms with Crippen LogP contribution in [0.2, 0.25) is 0 Å². The molecular weight excluding hydrogens is 419 g/mol. The number of nitrogens with two attached hydrogens (primary N) is 1. The molecule has 0 radical (unpaired) electrons. The first-order valence-electron chi connectivity index (χ1n) is 8.69. The Labute approximate surface area is 181 Å². The van der Waals surface area contributed by atoms with E-state index in [-0.39, 0.29) is 60.5 Å². The van der Waals surface area contributed by atoms with Gasteiger partial charge in [-0.1, -0.05) is 42.5 Å². The van der Waals surface area contributed by atoms with Crippen LogP contribution in [0.1, 0.15) is 24.0 Å². The molecule has 0 aromatic heterocycles. The van der Waals surface area contributed by atoms with Crippen LogP contribution in [0.5, 0.6) is 5.75 Å². The van der Waals surface area contributed by atoms with Gasteiger partial charge >= 0.3 is 5.97 Å². The Morgan fingerprint density at radius 3 is 2.28 bits per heavy atom. The minimum atomic E-state index is -2.22. The van der Waals surface area contributed by atoms with Crippen molar-refractivity contribution in [2.24, 2.45) is 5.73 Å². The van der Waals surface area contributed by atoms with Gasteiger partial charge < -0.3 is 26.0 Å². The molecule has 5 N–H and O–H groups in total. The number of carbonyl (C=O) groups excluding carboxylic acids is 1. The molecular formula is C20H24Cl2N2O5. The zero-order valence-corrected chi connectivity index (χ0v) is 17.1. The maximum atomic E-state index is 11.9. The molecule has 0 heterocycles. The number of amides is 1. The van der Waals surface area contributed by atoms with Gasteiger partial charge in [-0.15, -0.1) is 24.8 Å². The van der Waals surface area contributed by atoms with Gasteiger partial charge in [0.2, 0.25) is 5.60 Å². The van der Waals surface area contributed by atoms with Gasteiger partial charge in [-0.2, -0.15) is 0 Å². The molecule has 2 aromatic carbocycles. The fraction of sp³-hybridized carbons (Fsp3) is 0.300. The number of hydrogen-bond acceptors (Lipinski definition) is 5. The van der Waals surface area contributed by atoms with Crippen LogP contribution in [-0.2, 0) is 15.2 Å². The number of benzene rings is 2. The van der Waals surface area contributed by atoms with Gasteiger partial charge in [0.1, 0.15) is 5.75 Å². The molecule has 0 spiro atoms. The van der Waals surface area contributed by atoms with Gasteiger partial charge in [-0.3, -0.25) is 4.79 Å². The van der Waals surface area contributed by atoms with Crippen LogP contribution in [0.15, 0.2) is 54.6 Å². The van der Waals surface area contributed by atoms with Crippen molar-refractivity contribution in [2.45, 2.75) is 30.5 Å². The molecule has 3 rings (SSSR count). The summed E-state index contributed by atoms with van der Waals surface area (Å²) in [4.78, 5) is 23.7. The summed E-state index contributed by atoms with van der Waals surface area (Å²) in [5.74, 6) is -1.37. The quantitative estimate of drug-likeness (QED) is 0.518. The predicted molar refractivity (Wildman–Crippen MR) is 113 cm³/mol. The number of aliphatic carboxylic acids is 1. The molecule has 1 atom stereocenters. The van der Waals surface area contributed by atoms with Crippen LogP contribution in [-0.4, -0.2) is 40.8 Å². The van der Waals surface area contributed by atoms with E-state index in [0.29, 0.717) is 5.75 Å². The van der Waals surface area contributed by atoms with Crippen LogP contribution in [0.3, 0.4) is 0 Å². The molecule has 2 aromatic rings. The molecule has 158 valence electrons. The number of carbonyl (C=O) groups is 2. The minimum absolute atomic E-state index is 0. The minimum Gasteiger partial charge on any atom is -0.484 e. The second kappa shape index (κ2) is 10.5. The maximum Gasteiger partial charge on any atom is 0.345 e. The van der Waals surface area contributed by atoms with E-state index < -0.39 is 11.6 Å². The summed E-state index contributed by atoms with van der Waals surface area (Å²) in [7, 11) is 0. The highest BCUT2D eigenvalue weighted by molar-refractivity contribution is 5.86. The van der Waals surface area contributed by atoms with E-state index in [1.54, 1.807) is 42.5 Å². The Balaban J connectivity index is 0.00000210. The van der Waals surface area contributed by atoms with E-state index in [2.05, 4.69) is 5.32 Å². The molecule has 9 heteroatoms. The molecule has 1 aliphatic carbocycles. The smallest absolute Gasteiger partial charge is 0.345 e. The average Bonchev–Trinajstić information content (AvgIpc) is 2.65. The van der Waals surface area contributed by atoms with Crippen LogP contribution in [0.25, 0.3) is 0 Å². The SMILES string of the molecule is Cl.Cl.N[C@H]1C[C@H](NC(=O)COc2cccc([C@](O)(C(=O)O)c3ccccc3)c2)C1. The number of nitrogens with one attached hydrogen (secondary N) is 1. The van der Waals surface area contributed by atoms with Gasteiger partial charge in [-0.05, 0) is 30.5 Å². The van der Waals surface area contributed by atoms with E-state index in [9.17, 15) is 19.8 Å². The number of hydrogen-bond donors (Lipinski definition) is 4. The third kappa shape index (κ3) is 5.61. The average molecular weight is 443 g/mol. The first-order valence-corrected chi connectivity index (χ1v) is 8.69. The highest BCUT2D eigenvalue weighted by Crippen LogP contribution is 2.32. The third-order valence-electron chi connectivity index (χ3n) is 4.66. The van der Waals surface area contributed by atoms with Crippen molar-refractivity contribution in [2.75, 3.05) is 6.61 Å². The Hall–Kier alpha value is -2.32. The van der Waals surface area contributed by atoms with E-state index in [1.807, 2.05) is 0 Å². The number of aliphatic hydroxyl groups is 1. The number of ether oxygens (including phenoxy) is 1. The Morgan fingerprint density at radius 2 is 1.69 bits per heavy atom. The molecule has 0 aliphatic heterocycles. The van der Waals surface area contributed by atoms with Gasteiger partial charge in [0.15, 0.2) is 6.61 Å². The molecule has 0 unspecified atom stereocenters. The van der Waals surface area contributed by atoms with Crippen LogP contribution in [0.4, 0.5) is 0 Å². The highest BCUT2D eigenvalue weighted by Gasteiger charge is 2.40. The van der Waals surface area contributed by atoms with Crippen molar-refractivity contribution in [3.05, 3.63) is 65.7 Å². The summed E-state index contributed by atoms with van der Waals surface area (Å²) < 4.78 is 5.47. The molecule has 0 saturated heterocycles. The second-order valence-corrected chi connectivity index (χ2v) is 6.69. The second-order valence-electron chi connectivity index (χ2n) is 6.69. The summed E-state index contributed by atoms with van der Waals surface area (Å²) >= 11 is 0. The maximum absolute atomic E-state index is 11.9. The largest absolute Gasteiger partial charge is 0.484 e. The normalized spacial score (nSPS) is 19.4. The Bertz CT molecular complexity index is 831. The first-order chi connectivity index (χ1) is 12.9. The van der Waals surface area contributed by atoms with E-state index in [0.717, 1.165) is 12.8 Å². The van der Waals surface area contributed by atoms with Crippen LogP contribution in [0, 0.1) is 0 Å². The fourth-order valence-electron chi connectivity index (χ4n) is 3.10. The molecule has 7 nitrogen and oxygen atoms in total. The lowest BCUT2D eigenvalue weighted by Crippen LogP contribution is -2.51. The molecule has 29 heavy (non-hydrogen) atoms. The lowest BCUT2D eigenvalue weighted by Gasteiger charge is -2.32. The van der Waals surface area contributed by atoms with Crippen LogP contribution < -0.4 is 15.8 Å². The van der Waals surface area contributed by atoms with Crippen molar-refractivity contribution >= 4 is 36.7 Å². The highest BCUT2D eigenvalue weighted by atomic mass is 35.5. The topological polar surface area (TPSA) is 122 Å². The summed E-state index contributed by atoms with van der Waals surface area (Å²) in [6, 6.07) is 14.4. The predicted octanol–water partition coefficient (Wildman–Crippen LogP) is 1.84. The van der Waals surface area contributed by atoms with Crippen molar-refractivity contribution in [1.82, 2.24) is 5.32 Å².